The highest BCUT2D eigenvalue weighted by Crippen LogP contribution is 2.31. The van der Waals surface area contributed by atoms with E-state index in [0.29, 0.717) is 23.9 Å². The molecule has 6 nitrogen and oxygen atoms in total. The van der Waals surface area contributed by atoms with Gasteiger partial charge < -0.3 is 14.9 Å². The molecule has 0 saturated carbocycles. The van der Waals surface area contributed by atoms with Crippen LogP contribution in [-0.2, 0) is 6.54 Å². The normalized spacial score (nSPS) is 20.6. The first-order chi connectivity index (χ1) is 16.6. The largest absolute Gasteiger partial charge is 0.372 e. The highest BCUT2D eigenvalue weighted by Gasteiger charge is 2.22. The van der Waals surface area contributed by atoms with Gasteiger partial charge in [-0.1, -0.05) is 55.0 Å². The zero-order valence-electron chi connectivity index (χ0n) is 19.8. The number of pyridine rings is 1. The summed E-state index contributed by atoms with van der Waals surface area (Å²) in [7, 11) is 0. The van der Waals surface area contributed by atoms with E-state index in [0.717, 1.165) is 30.8 Å². The number of likely N-dealkylation sites (tertiary alicyclic amines) is 1. The minimum Gasteiger partial charge on any atom is -0.372 e. The average molecular weight is 459 g/mol. The second-order valence-electron chi connectivity index (χ2n) is 9.84. The molecule has 1 fully saturated rings. The van der Waals surface area contributed by atoms with E-state index in [1.165, 1.54) is 30.2 Å². The van der Waals surface area contributed by atoms with Crippen molar-refractivity contribution >= 4 is 11.0 Å². The fourth-order valence-corrected chi connectivity index (χ4v) is 5.28. The average Bonchev–Trinajstić information content (AvgIpc) is 3.26. The van der Waals surface area contributed by atoms with Crippen LogP contribution in [0.2, 0.25) is 0 Å². The van der Waals surface area contributed by atoms with E-state index in [-0.39, 0.29) is 0 Å². The molecule has 34 heavy (non-hydrogen) atoms. The molecule has 0 amide bonds. The third-order valence-electron chi connectivity index (χ3n) is 7.23. The lowest BCUT2D eigenvalue weighted by atomic mass is 9.89. The molecule has 2 unspecified atom stereocenters. The Kier molecular flexibility index (Phi) is 6.92. The van der Waals surface area contributed by atoms with Gasteiger partial charge in [-0.2, -0.15) is 5.48 Å². The van der Waals surface area contributed by atoms with Gasteiger partial charge in [0.2, 0.25) is 0 Å². The van der Waals surface area contributed by atoms with Crippen LogP contribution in [0.15, 0.2) is 72.6 Å². The van der Waals surface area contributed by atoms with Crippen LogP contribution in [0.1, 0.15) is 55.0 Å². The van der Waals surface area contributed by atoms with Gasteiger partial charge in [0, 0.05) is 30.9 Å². The number of benzene rings is 1. The maximum atomic E-state index is 9.67. The van der Waals surface area contributed by atoms with Crippen LogP contribution in [0.4, 0.5) is 0 Å². The predicted octanol–water partition coefficient (Wildman–Crippen LogP) is 4.76. The highest BCUT2D eigenvalue weighted by molar-refractivity contribution is 5.77. The monoisotopic (exact) mass is 458 g/mol. The Morgan fingerprint density at radius 3 is 2.65 bits per heavy atom. The van der Waals surface area contributed by atoms with Gasteiger partial charge in [-0.25, -0.2) is 4.98 Å². The summed E-state index contributed by atoms with van der Waals surface area (Å²) in [5.74, 6) is 1.24. The summed E-state index contributed by atoms with van der Waals surface area (Å²) >= 11 is 0. The third kappa shape index (κ3) is 5.15. The van der Waals surface area contributed by atoms with Crippen molar-refractivity contribution in [3.05, 3.63) is 89.3 Å². The van der Waals surface area contributed by atoms with Gasteiger partial charge in [0.25, 0.3) is 0 Å². The Morgan fingerprint density at radius 2 is 1.91 bits per heavy atom. The molecule has 1 saturated heterocycles. The molecule has 0 spiro atoms. The second-order valence-corrected chi connectivity index (χ2v) is 9.84. The summed E-state index contributed by atoms with van der Waals surface area (Å²) in [6.07, 6.45) is 13.5. The van der Waals surface area contributed by atoms with Gasteiger partial charge in [0.15, 0.2) is 6.23 Å². The first kappa shape index (κ1) is 23.0. The lowest BCUT2D eigenvalue weighted by Gasteiger charge is -2.33. The van der Waals surface area contributed by atoms with Crippen LogP contribution in [0.3, 0.4) is 0 Å². The quantitative estimate of drug-likeness (QED) is 0.352. The summed E-state index contributed by atoms with van der Waals surface area (Å²) in [6, 6.07) is 12.0. The molecule has 3 N–H and O–H groups in total. The third-order valence-corrected chi connectivity index (χ3v) is 7.23. The maximum Gasteiger partial charge on any atom is 0.152 e. The molecule has 1 aliphatic carbocycles. The van der Waals surface area contributed by atoms with Crippen molar-refractivity contribution in [2.45, 2.75) is 44.9 Å². The van der Waals surface area contributed by atoms with Crippen LogP contribution in [-0.4, -0.2) is 44.4 Å². The molecule has 0 bridgehead atoms. The minimum absolute atomic E-state index is 0.578. The Balaban J connectivity index is 1.21. The van der Waals surface area contributed by atoms with Gasteiger partial charge in [-0.05, 0) is 73.0 Å². The summed E-state index contributed by atoms with van der Waals surface area (Å²) in [5, 5.41) is 19.7. The molecule has 0 radical (unpaired) electrons. The lowest BCUT2D eigenvalue weighted by Crippen LogP contribution is -2.34. The fraction of sp³-hybridized carbons (Fsp3) is 0.393. The summed E-state index contributed by atoms with van der Waals surface area (Å²) in [6.45, 7) is 6.41. The number of aliphatic hydroxyl groups is 1. The van der Waals surface area contributed by atoms with E-state index in [1.54, 1.807) is 5.57 Å². The summed E-state index contributed by atoms with van der Waals surface area (Å²) in [4.78, 5) is 7.45. The lowest BCUT2D eigenvalue weighted by molar-refractivity contribution is 0.000692. The van der Waals surface area contributed by atoms with Gasteiger partial charge in [0.1, 0.15) is 5.65 Å². The van der Waals surface area contributed by atoms with E-state index >= 15 is 0 Å². The Bertz CT molecular complexity index is 1170. The molecule has 2 aliphatic rings. The Labute approximate surface area is 201 Å². The zero-order chi connectivity index (χ0) is 23.5. The SMILES string of the molecule is CC1C=CC=C(CN2CCC(c3cnc4c(ccn4Cc4ccc(C(O)NO)cc4)c3)CC2)C1. The van der Waals surface area contributed by atoms with Crippen molar-refractivity contribution < 1.29 is 10.3 Å². The maximum absolute atomic E-state index is 9.67. The molecular formula is C28H34N4O2. The Hall–Kier alpha value is -2.77. The summed E-state index contributed by atoms with van der Waals surface area (Å²) in [5.41, 5.74) is 7.51. The molecule has 178 valence electrons. The van der Waals surface area contributed by atoms with Gasteiger partial charge >= 0.3 is 0 Å². The number of aromatic nitrogens is 2. The van der Waals surface area contributed by atoms with Gasteiger partial charge in [-0.15, -0.1) is 0 Å². The van der Waals surface area contributed by atoms with Gasteiger partial charge in [0.05, 0.1) is 0 Å². The molecular weight excluding hydrogens is 424 g/mol. The van der Waals surface area contributed by atoms with E-state index in [2.05, 4.69) is 59.1 Å². The number of nitrogens with one attached hydrogen (secondary N) is 1. The van der Waals surface area contributed by atoms with Crippen molar-refractivity contribution in [1.82, 2.24) is 19.9 Å². The molecule has 3 aromatic rings. The van der Waals surface area contributed by atoms with Crippen molar-refractivity contribution in [2.24, 2.45) is 5.92 Å². The van der Waals surface area contributed by atoms with E-state index < -0.39 is 6.23 Å². The topological polar surface area (TPSA) is 73.6 Å². The van der Waals surface area contributed by atoms with Crippen LogP contribution in [0.25, 0.3) is 11.0 Å². The molecule has 1 aromatic carbocycles. The zero-order valence-corrected chi connectivity index (χ0v) is 19.8. The van der Waals surface area contributed by atoms with Gasteiger partial charge in [-0.3, -0.25) is 4.90 Å². The fourth-order valence-electron chi connectivity index (χ4n) is 5.28. The number of allylic oxidation sites excluding steroid dienone is 3. The Morgan fingerprint density at radius 1 is 1.12 bits per heavy atom. The van der Waals surface area contributed by atoms with Crippen molar-refractivity contribution in [3.63, 3.8) is 0 Å². The highest BCUT2D eigenvalue weighted by atomic mass is 16.5. The molecule has 2 aromatic heterocycles. The number of fused-ring (bicyclic) bond motifs is 1. The molecule has 2 atom stereocenters. The van der Waals surface area contributed by atoms with Crippen molar-refractivity contribution in [1.29, 1.82) is 0 Å². The minimum atomic E-state index is -1.07. The molecule has 1 aliphatic heterocycles. The van der Waals surface area contributed by atoms with Crippen molar-refractivity contribution in [3.8, 4) is 0 Å². The standard InChI is InChI=1S/C28H34N4O2/c1-20-3-2-4-22(15-20)18-31-12-9-23(10-13-31)26-16-25-11-14-32(27(25)29-17-26)19-21-5-7-24(8-6-21)28(33)30-34/h2-8,11,14,16-17,20,23,28,30,33-34H,9-10,12-13,15,18-19H2,1H3. The smallest absolute Gasteiger partial charge is 0.152 e. The van der Waals surface area contributed by atoms with Crippen LogP contribution >= 0.6 is 0 Å². The number of hydroxylamine groups is 1. The number of aliphatic hydroxyl groups excluding tert-OH is 1. The summed E-state index contributed by atoms with van der Waals surface area (Å²) < 4.78 is 2.16. The number of nitrogens with zero attached hydrogens (tertiary/aromatic N) is 3. The number of hydrogen-bond acceptors (Lipinski definition) is 5. The van der Waals surface area contributed by atoms with E-state index in [4.69, 9.17) is 10.2 Å². The molecule has 3 heterocycles. The van der Waals surface area contributed by atoms with Crippen molar-refractivity contribution in [2.75, 3.05) is 19.6 Å². The number of rotatable bonds is 7. The van der Waals surface area contributed by atoms with Crippen LogP contribution in [0.5, 0.6) is 0 Å². The van der Waals surface area contributed by atoms with Crippen LogP contribution < -0.4 is 5.48 Å². The first-order valence-corrected chi connectivity index (χ1v) is 12.3. The number of hydrogen-bond donors (Lipinski definition) is 3. The van der Waals surface area contributed by atoms with Crippen LogP contribution in [0, 0.1) is 5.92 Å². The first-order valence-electron chi connectivity index (χ1n) is 12.3. The second kappa shape index (κ2) is 10.2. The van der Waals surface area contributed by atoms with E-state index in [1.807, 2.05) is 29.7 Å². The molecule has 5 rings (SSSR count). The number of piperidine rings is 1. The predicted molar refractivity (Wildman–Crippen MR) is 135 cm³/mol. The van der Waals surface area contributed by atoms with E-state index in [9.17, 15) is 5.11 Å². The molecule has 6 heteroatoms.